The third-order valence-corrected chi connectivity index (χ3v) is 7.50. The second-order valence-corrected chi connectivity index (χ2v) is 9.98. The number of carboxylic acid groups (broad SMARTS) is 1. The summed E-state index contributed by atoms with van der Waals surface area (Å²) in [6.45, 7) is 3.46. The molecule has 0 spiro atoms. The molecule has 0 fully saturated rings. The van der Waals surface area contributed by atoms with E-state index in [1.807, 2.05) is 13.0 Å². The maximum Gasteiger partial charge on any atom is 0.303 e. The molecule has 1 heterocycles. The molecule has 172 valence electrons. The summed E-state index contributed by atoms with van der Waals surface area (Å²) < 4.78 is 48.7. The van der Waals surface area contributed by atoms with Crippen molar-refractivity contribution in [2.45, 2.75) is 37.7 Å². The molecule has 0 radical (unpaired) electrons. The van der Waals surface area contributed by atoms with Crippen molar-refractivity contribution in [3.8, 4) is 16.9 Å². The molecule has 8 heteroatoms. The first kappa shape index (κ1) is 22.8. The molecular weight excluding hydrogens is 445 g/mol. The van der Waals surface area contributed by atoms with Gasteiger partial charge in [-0.25, -0.2) is 12.8 Å². The molecule has 1 aliphatic heterocycles. The average Bonchev–Trinajstić information content (AvgIpc) is 2.78. The number of carboxylic acids is 1. The van der Waals surface area contributed by atoms with Crippen LogP contribution < -0.4 is 9.04 Å². The summed E-state index contributed by atoms with van der Waals surface area (Å²) in [5.41, 5.74) is 2.91. The van der Waals surface area contributed by atoms with Crippen LogP contribution in [0.15, 0.2) is 65.6 Å². The molecule has 0 unspecified atom stereocenters. The molecule has 4 rings (SSSR count). The number of hydrogen-bond acceptors (Lipinski definition) is 4. The van der Waals surface area contributed by atoms with Gasteiger partial charge < -0.3 is 9.84 Å². The minimum absolute atomic E-state index is 0.0257. The maximum absolute atomic E-state index is 14.2. The number of aliphatic carboxylic acids is 1. The number of anilines is 1. The highest BCUT2D eigenvalue weighted by Crippen LogP contribution is 2.41. The molecule has 0 aliphatic carbocycles. The first-order valence-corrected chi connectivity index (χ1v) is 12.0. The van der Waals surface area contributed by atoms with Crippen molar-refractivity contribution in [3.05, 3.63) is 77.6 Å². The lowest BCUT2D eigenvalue weighted by Gasteiger charge is -2.36. The highest BCUT2D eigenvalue weighted by atomic mass is 32.2. The average molecular weight is 470 g/mol. The van der Waals surface area contributed by atoms with Crippen molar-refractivity contribution in [1.82, 2.24) is 0 Å². The van der Waals surface area contributed by atoms with Crippen LogP contribution in [0.1, 0.15) is 24.0 Å². The molecule has 0 amide bonds. The van der Waals surface area contributed by atoms with E-state index in [-0.39, 0.29) is 30.1 Å². The number of sulfonamides is 1. The second-order valence-electron chi connectivity index (χ2n) is 8.12. The monoisotopic (exact) mass is 469 g/mol. The maximum atomic E-state index is 14.2. The lowest BCUT2D eigenvalue weighted by Crippen LogP contribution is -2.43. The first-order chi connectivity index (χ1) is 15.7. The highest BCUT2D eigenvalue weighted by Gasteiger charge is 2.35. The number of aryl methyl sites for hydroxylation is 1. The van der Waals surface area contributed by atoms with Gasteiger partial charge in [0.15, 0.2) is 0 Å². The van der Waals surface area contributed by atoms with Gasteiger partial charge in [0.25, 0.3) is 10.0 Å². The molecule has 1 atom stereocenters. The van der Waals surface area contributed by atoms with E-state index in [0.29, 0.717) is 28.1 Å². The molecular formula is C25H24FNO5S. The van der Waals surface area contributed by atoms with Gasteiger partial charge in [0.05, 0.1) is 17.1 Å². The smallest absolute Gasteiger partial charge is 0.303 e. The molecule has 1 aliphatic rings. The summed E-state index contributed by atoms with van der Waals surface area (Å²) in [4.78, 5) is 11.2. The number of carbonyl (C=O) groups is 1. The first-order valence-electron chi connectivity index (χ1n) is 10.5. The lowest BCUT2D eigenvalue weighted by atomic mass is 9.99. The highest BCUT2D eigenvalue weighted by molar-refractivity contribution is 7.92. The van der Waals surface area contributed by atoms with E-state index in [4.69, 9.17) is 9.84 Å². The molecule has 3 aromatic carbocycles. The van der Waals surface area contributed by atoms with Gasteiger partial charge >= 0.3 is 5.97 Å². The molecule has 1 N–H and O–H groups in total. The van der Waals surface area contributed by atoms with E-state index in [0.717, 1.165) is 5.56 Å². The zero-order valence-electron chi connectivity index (χ0n) is 18.3. The number of benzene rings is 3. The Kier molecular flexibility index (Phi) is 6.12. The predicted octanol–water partition coefficient (Wildman–Crippen LogP) is 4.93. The normalized spacial score (nSPS) is 15.6. The molecule has 0 saturated heterocycles. The van der Waals surface area contributed by atoms with Crippen LogP contribution in [0.4, 0.5) is 10.1 Å². The Morgan fingerprint density at radius 1 is 1.12 bits per heavy atom. The fourth-order valence-electron chi connectivity index (χ4n) is 3.97. The van der Waals surface area contributed by atoms with Crippen LogP contribution in [-0.4, -0.2) is 32.1 Å². The van der Waals surface area contributed by atoms with Crippen molar-refractivity contribution in [1.29, 1.82) is 0 Å². The molecule has 0 bridgehead atoms. The Morgan fingerprint density at radius 2 is 1.88 bits per heavy atom. The third kappa shape index (κ3) is 4.57. The standard InChI is InChI=1S/C25H24FNO5S/c1-16-5-3-6-20(13-16)33(30,31)27-15-19(10-12-25(28)29)32-24-11-9-18(14-23(24)27)21-7-4-8-22(26)17(21)2/h3-9,11,13-14,19H,10,12,15H2,1-2H3,(H,28,29)/t19-/m0/s1. The van der Waals surface area contributed by atoms with Crippen molar-refractivity contribution >= 4 is 21.7 Å². The number of ether oxygens (including phenoxy) is 1. The van der Waals surface area contributed by atoms with Crippen LogP contribution in [-0.2, 0) is 14.8 Å². The summed E-state index contributed by atoms with van der Waals surface area (Å²) in [5.74, 6) is -0.987. The summed E-state index contributed by atoms with van der Waals surface area (Å²) in [7, 11) is -3.95. The number of rotatable bonds is 6. The van der Waals surface area contributed by atoms with Gasteiger partial charge in [-0.15, -0.1) is 0 Å². The zero-order chi connectivity index (χ0) is 23.8. The Morgan fingerprint density at radius 3 is 2.61 bits per heavy atom. The summed E-state index contributed by atoms with van der Waals surface area (Å²) in [6, 6.07) is 16.5. The molecule has 0 aromatic heterocycles. The van der Waals surface area contributed by atoms with Crippen LogP contribution >= 0.6 is 0 Å². The number of fused-ring (bicyclic) bond motifs is 1. The van der Waals surface area contributed by atoms with E-state index in [2.05, 4.69) is 0 Å². The van der Waals surface area contributed by atoms with Crippen molar-refractivity contribution in [2.75, 3.05) is 10.8 Å². The quantitative estimate of drug-likeness (QED) is 0.553. The van der Waals surface area contributed by atoms with Crippen molar-refractivity contribution in [2.24, 2.45) is 0 Å². The third-order valence-electron chi connectivity index (χ3n) is 5.73. The number of halogens is 1. The molecule has 33 heavy (non-hydrogen) atoms. The molecule has 0 saturated carbocycles. The van der Waals surface area contributed by atoms with Crippen LogP contribution in [0, 0.1) is 19.7 Å². The van der Waals surface area contributed by atoms with Gasteiger partial charge in [0.2, 0.25) is 0 Å². The van der Waals surface area contributed by atoms with Crippen molar-refractivity contribution in [3.63, 3.8) is 0 Å². The van der Waals surface area contributed by atoms with E-state index in [9.17, 15) is 17.6 Å². The van der Waals surface area contributed by atoms with Crippen LogP contribution in [0.5, 0.6) is 5.75 Å². The van der Waals surface area contributed by atoms with Gasteiger partial charge in [0, 0.05) is 6.42 Å². The van der Waals surface area contributed by atoms with E-state index in [1.54, 1.807) is 49.4 Å². The van der Waals surface area contributed by atoms with Crippen LogP contribution in [0.2, 0.25) is 0 Å². The van der Waals surface area contributed by atoms with Gasteiger partial charge in [-0.3, -0.25) is 9.10 Å². The number of hydrogen-bond donors (Lipinski definition) is 1. The fraction of sp³-hybridized carbons (Fsp3) is 0.240. The summed E-state index contributed by atoms with van der Waals surface area (Å²) in [5, 5.41) is 9.07. The van der Waals surface area contributed by atoms with Gasteiger partial charge in [-0.1, -0.05) is 30.3 Å². The molecule has 3 aromatic rings. The Balaban J connectivity index is 1.83. The van der Waals surface area contributed by atoms with Crippen LogP contribution in [0.3, 0.4) is 0 Å². The SMILES string of the molecule is Cc1cccc(S(=O)(=O)N2C[C@H](CCC(=O)O)Oc3ccc(-c4cccc(F)c4C)cc32)c1. The van der Waals surface area contributed by atoms with E-state index < -0.39 is 22.1 Å². The van der Waals surface area contributed by atoms with Gasteiger partial charge in [0.1, 0.15) is 17.7 Å². The van der Waals surface area contributed by atoms with Crippen molar-refractivity contribution < 1.29 is 27.4 Å². The van der Waals surface area contributed by atoms with E-state index in [1.165, 1.54) is 16.4 Å². The van der Waals surface area contributed by atoms with E-state index >= 15 is 0 Å². The van der Waals surface area contributed by atoms with Gasteiger partial charge in [-0.2, -0.15) is 0 Å². The minimum Gasteiger partial charge on any atom is -0.486 e. The van der Waals surface area contributed by atoms with Gasteiger partial charge in [-0.05, 0) is 72.9 Å². The van der Waals surface area contributed by atoms with Crippen LogP contribution in [0.25, 0.3) is 11.1 Å². The lowest BCUT2D eigenvalue weighted by molar-refractivity contribution is -0.137. The topological polar surface area (TPSA) is 83.9 Å². The summed E-state index contributed by atoms with van der Waals surface area (Å²) in [6.07, 6.45) is -0.590. The number of nitrogens with zero attached hydrogens (tertiary/aromatic N) is 1. The Hall–Kier alpha value is -3.39. The minimum atomic E-state index is -3.95. The second kappa shape index (κ2) is 8.86. The Labute approximate surface area is 192 Å². The Bertz CT molecular complexity index is 1320. The zero-order valence-corrected chi connectivity index (χ0v) is 19.1. The fourth-order valence-corrected chi connectivity index (χ4v) is 5.57. The largest absolute Gasteiger partial charge is 0.486 e. The summed E-state index contributed by atoms with van der Waals surface area (Å²) >= 11 is 0. The molecule has 6 nitrogen and oxygen atoms in total. The predicted molar refractivity (Wildman–Crippen MR) is 124 cm³/mol.